The number of nitrogens with one attached hydrogen (secondary N) is 1. The SMILES string of the molecule is O=C(CCn1ccnn1)NC1CCCCC1. The highest BCUT2D eigenvalue weighted by molar-refractivity contribution is 5.76. The summed E-state index contributed by atoms with van der Waals surface area (Å²) < 4.78 is 1.68. The number of rotatable bonds is 4. The van der Waals surface area contributed by atoms with Crippen LogP contribution >= 0.6 is 0 Å². The first-order valence-electron chi connectivity index (χ1n) is 5.98. The lowest BCUT2D eigenvalue weighted by Gasteiger charge is -2.22. The summed E-state index contributed by atoms with van der Waals surface area (Å²) in [7, 11) is 0. The van der Waals surface area contributed by atoms with Crippen LogP contribution in [0.25, 0.3) is 0 Å². The average Bonchev–Trinajstić information content (AvgIpc) is 2.81. The van der Waals surface area contributed by atoms with Crippen molar-refractivity contribution in [2.75, 3.05) is 0 Å². The summed E-state index contributed by atoms with van der Waals surface area (Å²) in [5, 5.41) is 10.6. The highest BCUT2D eigenvalue weighted by atomic mass is 16.1. The van der Waals surface area contributed by atoms with E-state index in [9.17, 15) is 4.79 Å². The number of amides is 1. The van der Waals surface area contributed by atoms with Crippen molar-refractivity contribution in [1.82, 2.24) is 20.3 Å². The van der Waals surface area contributed by atoms with E-state index in [0.29, 0.717) is 19.0 Å². The molecule has 1 heterocycles. The zero-order valence-corrected chi connectivity index (χ0v) is 9.43. The van der Waals surface area contributed by atoms with Crippen LogP contribution in [-0.4, -0.2) is 26.9 Å². The van der Waals surface area contributed by atoms with Crippen LogP contribution in [0, 0.1) is 0 Å². The molecule has 88 valence electrons. The third kappa shape index (κ3) is 3.32. The van der Waals surface area contributed by atoms with Crippen LogP contribution in [0.4, 0.5) is 0 Å². The lowest BCUT2D eigenvalue weighted by atomic mass is 9.95. The minimum atomic E-state index is 0.127. The number of hydrogen-bond donors (Lipinski definition) is 1. The number of carbonyl (C=O) groups is 1. The number of nitrogens with zero attached hydrogens (tertiary/aromatic N) is 3. The van der Waals surface area contributed by atoms with Gasteiger partial charge in [-0.3, -0.25) is 9.48 Å². The van der Waals surface area contributed by atoms with Gasteiger partial charge < -0.3 is 5.32 Å². The molecule has 0 saturated heterocycles. The zero-order valence-electron chi connectivity index (χ0n) is 9.43. The summed E-state index contributed by atoms with van der Waals surface area (Å²) in [4.78, 5) is 11.6. The van der Waals surface area contributed by atoms with Crippen molar-refractivity contribution in [3.05, 3.63) is 12.4 Å². The van der Waals surface area contributed by atoms with Gasteiger partial charge in [-0.2, -0.15) is 0 Å². The lowest BCUT2D eigenvalue weighted by Crippen LogP contribution is -2.36. The normalized spacial score (nSPS) is 17.2. The van der Waals surface area contributed by atoms with Crippen LogP contribution in [-0.2, 0) is 11.3 Å². The zero-order chi connectivity index (χ0) is 11.2. The fourth-order valence-corrected chi connectivity index (χ4v) is 2.11. The van der Waals surface area contributed by atoms with Gasteiger partial charge in [0, 0.05) is 18.7 Å². The van der Waals surface area contributed by atoms with E-state index in [1.165, 1.54) is 19.3 Å². The Morgan fingerprint density at radius 3 is 2.88 bits per heavy atom. The molecule has 0 bridgehead atoms. The summed E-state index contributed by atoms with van der Waals surface area (Å²) >= 11 is 0. The van der Waals surface area contributed by atoms with E-state index in [1.54, 1.807) is 17.1 Å². The van der Waals surface area contributed by atoms with Crippen molar-refractivity contribution in [2.24, 2.45) is 0 Å². The maximum atomic E-state index is 11.6. The Labute approximate surface area is 95.2 Å². The quantitative estimate of drug-likeness (QED) is 0.830. The van der Waals surface area contributed by atoms with E-state index in [0.717, 1.165) is 12.8 Å². The maximum absolute atomic E-state index is 11.6. The molecule has 0 spiro atoms. The largest absolute Gasteiger partial charge is 0.353 e. The molecule has 1 N–H and O–H groups in total. The molecule has 16 heavy (non-hydrogen) atoms. The highest BCUT2D eigenvalue weighted by Crippen LogP contribution is 2.17. The van der Waals surface area contributed by atoms with Gasteiger partial charge in [0.1, 0.15) is 0 Å². The second-order valence-electron chi connectivity index (χ2n) is 4.32. The molecule has 0 atom stereocenters. The Bertz CT molecular complexity index is 317. The molecule has 1 aliphatic rings. The molecule has 0 aliphatic heterocycles. The van der Waals surface area contributed by atoms with Gasteiger partial charge >= 0.3 is 0 Å². The number of aromatic nitrogens is 3. The summed E-state index contributed by atoms with van der Waals surface area (Å²) in [6.07, 6.45) is 9.95. The van der Waals surface area contributed by atoms with Crippen molar-refractivity contribution in [3.63, 3.8) is 0 Å². The number of aryl methyl sites for hydroxylation is 1. The van der Waals surface area contributed by atoms with Gasteiger partial charge in [-0.15, -0.1) is 5.10 Å². The standard InChI is InChI=1S/C11H18N4O/c16-11(6-8-15-9-7-12-14-15)13-10-4-2-1-3-5-10/h7,9-10H,1-6,8H2,(H,13,16). The van der Waals surface area contributed by atoms with Crippen molar-refractivity contribution < 1.29 is 4.79 Å². The van der Waals surface area contributed by atoms with Gasteiger partial charge in [0.2, 0.25) is 5.91 Å². The van der Waals surface area contributed by atoms with Crippen LogP contribution in [0.15, 0.2) is 12.4 Å². The van der Waals surface area contributed by atoms with Gasteiger partial charge in [-0.05, 0) is 12.8 Å². The minimum absolute atomic E-state index is 0.127. The highest BCUT2D eigenvalue weighted by Gasteiger charge is 2.15. The van der Waals surface area contributed by atoms with E-state index in [1.807, 2.05) is 0 Å². The number of hydrogen-bond acceptors (Lipinski definition) is 3. The predicted molar refractivity (Wildman–Crippen MR) is 59.7 cm³/mol. The predicted octanol–water partition coefficient (Wildman–Crippen LogP) is 1.12. The Kier molecular flexibility index (Phi) is 3.91. The maximum Gasteiger partial charge on any atom is 0.222 e. The van der Waals surface area contributed by atoms with Crippen molar-refractivity contribution >= 4 is 5.91 Å². The van der Waals surface area contributed by atoms with Gasteiger partial charge in [0.05, 0.1) is 12.7 Å². The van der Waals surface area contributed by atoms with Crippen LogP contribution in [0.2, 0.25) is 0 Å². The molecular weight excluding hydrogens is 204 g/mol. The third-order valence-electron chi connectivity index (χ3n) is 3.01. The van der Waals surface area contributed by atoms with E-state index >= 15 is 0 Å². The van der Waals surface area contributed by atoms with E-state index in [4.69, 9.17) is 0 Å². The van der Waals surface area contributed by atoms with Crippen molar-refractivity contribution in [1.29, 1.82) is 0 Å². The van der Waals surface area contributed by atoms with Gasteiger partial charge in [0.25, 0.3) is 0 Å². The molecule has 0 unspecified atom stereocenters. The molecule has 1 aromatic rings. The first-order valence-corrected chi connectivity index (χ1v) is 5.98. The van der Waals surface area contributed by atoms with E-state index in [-0.39, 0.29) is 5.91 Å². The summed E-state index contributed by atoms with van der Waals surface area (Å²) in [6, 6.07) is 0.400. The fourth-order valence-electron chi connectivity index (χ4n) is 2.11. The Balaban J connectivity index is 1.67. The van der Waals surface area contributed by atoms with Crippen LogP contribution in [0.3, 0.4) is 0 Å². The summed E-state index contributed by atoms with van der Waals surface area (Å²) in [6.45, 7) is 0.610. The Hall–Kier alpha value is -1.39. The molecule has 1 saturated carbocycles. The Morgan fingerprint density at radius 2 is 2.19 bits per heavy atom. The van der Waals surface area contributed by atoms with Crippen LogP contribution in [0.1, 0.15) is 38.5 Å². The van der Waals surface area contributed by atoms with Gasteiger partial charge in [-0.25, -0.2) is 0 Å². The lowest BCUT2D eigenvalue weighted by molar-refractivity contribution is -0.122. The molecule has 1 aliphatic carbocycles. The third-order valence-corrected chi connectivity index (χ3v) is 3.01. The molecule has 5 nitrogen and oxygen atoms in total. The van der Waals surface area contributed by atoms with Crippen molar-refractivity contribution in [2.45, 2.75) is 51.1 Å². The average molecular weight is 222 g/mol. The first kappa shape index (κ1) is 11.1. The van der Waals surface area contributed by atoms with Crippen molar-refractivity contribution in [3.8, 4) is 0 Å². The minimum Gasteiger partial charge on any atom is -0.353 e. The summed E-state index contributed by atoms with van der Waals surface area (Å²) in [5.41, 5.74) is 0. The molecule has 2 rings (SSSR count). The topological polar surface area (TPSA) is 59.8 Å². The second-order valence-corrected chi connectivity index (χ2v) is 4.32. The molecule has 1 fully saturated rings. The molecule has 5 heteroatoms. The van der Waals surface area contributed by atoms with Crippen LogP contribution < -0.4 is 5.32 Å². The monoisotopic (exact) mass is 222 g/mol. The fraction of sp³-hybridized carbons (Fsp3) is 0.727. The van der Waals surface area contributed by atoms with E-state index < -0.39 is 0 Å². The molecule has 1 aromatic heterocycles. The Morgan fingerprint density at radius 1 is 1.38 bits per heavy atom. The summed E-state index contributed by atoms with van der Waals surface area (Å²) in [5.74, 6) is 0.127. The van der Waals surface area contributed by atoms with Gasteiger partial charge in [0.15, 0.2) is 0 Å². The second kappa shape index (κ2) is 5.63. The number of carbonyl (C=O) groups excluding carboxylic acids is 1. The first-order chi connectivity index (χ1) is 7.84. The molecule has 0 radical (unpaired) electrons. The molecule has 1 amide bonds. The van der Waals surface area contributed by atoms with Crippen LogP contribution in [0.5, 0.6) is 0 Å². The van der Waals surface area contributed by atoms with E-state index in [2.05, 4.69) is 15.6 Å². The van der Waals surface area contributed by atoms with Gasteiger partial charge in [-0.1, -0.05) is 24.5 Å². The molecular formula is C11H18N4O. The smallest absolute Gasteiger partial charge is 0.222 e. The molecule has 0 aromatic carbocycles.